The molecule has 0 aliphatic carbocycles. The minimum atomic E-state index is -3.76. The average molecular weight is 454 g/mol. The Kier molecular flexibility index (Phi) is 6.25. The van der Waals surface area contributed by atoms with E-state index in [2.05, 4.69) is 20.9 Å². The van der Waals surface area contributed by atoms with Crippen LogP contribution in [0, 0.1) is 0 Å². The van der Waals surface area contributed by atoms with Gasteiger partial charge in [0.05, 0.1) is 19.7 Å². The Hall–Kier alpha value is -1.81. The van der Waals surface area contributed by atoms with E-state index >= 15 is 0 Å². The zero-order valence-corrected chi connectivity index (χ0v) is 17.2. The second kappa shape index (κ2) is 8.47. The first-order chi connectivity index (χ1) is 12.9. The summed E-state index contributed by atoms with van der Waals surface area (Å²) in [5, 5.41) is 0. The van der Waals surface area contributed by atoms with Crippen molar-refractivity contribution >= 4 is 31.9 Å². The van der Waals surface area contributed by atoms with Crippen molar-refractivity contribution in [1.29, 1.82) is 0 Å². The van der Waals surface area contributed by atoms with Gasteiger partial charge in [0.15, 0.2) is 0 Å². The number of rotatable bonds is 5. The fourth-order valence-electron chi connectivity index (χ4n) is 2.81. The molecule has 144 valence electrons. The van der Waals surface area contributed by atoms with E-state index in [1.54, 1.807) is 11.0 Å². The smallest absolute Gasteiger partial charge is 0.244 e. The maximum atomic E-state index is 12.7. The SMILES string of the molecule is CN(CC(=O)N1CCOC(c2ccc(Br)cc2)C1)S(=O)(=O)c1cccnc1. The van der Waals surface area contributed by atoms with Gasteiger partial charge in [0, 0.05) is 30.5 Å². The monoisotopic (exact) mass is 453 g/mol. The molecular formula is C18H20BrN3O4S. The first kappa shape index (κ1) is 19.9. The van der Waals surface area contributed by atoms with Crippen LogP contribution in [0.5, 0.6) is 0 Å². The van der Waals surface area contributed by atoms with E-state index in [9.17, 15) is 13.2 Å². The number of nitrogens with zero attached hydrogens (tertiary/aromatic N) is 3. The van der Waals surface area contributed by atoms with Crippen LogP contribution in [-0.4, -0.2) is 61.8 Å². The molecule has 1 aliphatic heterocycles. The van der Waals surface area contributed by atoms with Gasteiger partial charge < -0.3 is 9.64 Å². The molecule has 3 rings (SSSR count). The Balaban J connectivity index is 1.66. The summed E-state index contributed by atoms with van der Waals surface area (Å²) in [4.78, 5) is 18.2. The highest BCUT2D eigenvalue weighted by molar-refractivity contribution is 9.10. The third-order valence-electron chi connectivity index (χ3n) is 4.36. The van der Waals surface area contributed by atoms with Gasteiger partial charge in [-0.2, -0.15) is 4.31 Å². The second-order valence-electron chi connectivity index (χ2n) is 6.20. The molecular weight excluding hydrogens is 434 g/mol. The molecule has 0 saturated carbocycles. The summed E-state index contributed by atoms with van der Waals surface area (Å²) < 4.78 is 32.9. The summed E-state index contributed by atoms with van der Waals surface area (Å²) in [5.41, 5.74) is 0.979. The fourth-order valence-corrected chi connectivity index (χ4v) is 4.16. The molecule has 1 fully saturated rings. The highest BCUT2D eigenvalue weighted by atomic mass is 79.9. The molecule has 1 aliphatic rings. The Labute approximate surface area is 167 Å². The number of hydrogen-bond acceptors (Lipinski definition) is 5. The second-order valence-corrected chi connectivity index (χ2v) is 9.16. The van der Waals surface area contributed by atoms with Crippen LogP contribution in [0.25, 0.3) is 0 Å². The number of morpholine rings is 1. The van der Waals surface area contributed by atoms with Crippen LogP contribution in [0.2, 0.25) is 0 Å². The van der Waals surface area contributed by atoms with E-state index in [1.165, 1.54) is 25.5 Å². The van der Waals surface area contributed by atoms with Gasteiger partial charge >= 0.3 is 0 Å². The number of carbonyl (C=O) groups excluding carboxylic acids is 1. The lowest BCUT2D eigenvalue weighted by Crippen LogP contribution is -2.47. The number of ether oxygens (including phenoxy) is 1. The zero-order chi connectivity index (χ0) is 19.4. The van der Waals surface area contributed by atoms with Crippen LogP contribution < -0.4 is 0 Å². The zero-order valence-electron chi connectivity index (χ0n) is 14.8. The van der Waals surface area contributed by atoms with Crippen LogP contribution in [0.15, 0.2) is 58.2 Å². The third-order valence-corrected chi connectivity index (χ3v) is 6.68. The van der Waals surface area contributed by atoms with E-state index in [-0.39, 0.29) is 23.5 Å². The number of carbonyl (C=O) groups is 1. The van der Waals surface area contributed by atoms with Crippen LogP contribution in [0.3, 0.4) is 0 Å². The highest BCUT2D eigenvalue weighted by Crippen LogP contribution is 2.24. The highest BCUT2D eigenvalue weighted by Gasteiger charge is 2.29. The van der Waals surface area contributed by atoms with Gasteiger partial charge in [0.2, 0.25) is 15.9 Å². The number of amides is 1. The maximum absolute atomic E-state index is 12.7. The van der Waals surface area contributed by atoms with Crippen molar-refractivity contribution in [3.8, 4) is 0 Å². The normalized spacial score (nSPS) is 17.9. The minimum Gasteiger partial charge on any atom is -0.370 e. The molecule has 0 bridgehead atoms. The van der Waals surface area contributed by atoms with Crippen molar-refractivity contribution in [2.75, 3.05) is 33.3 Å². The van der Waals surface area contributed by atoms with E-state index < -0.39 is 10.0 Å². The molecule has 2 aromatic rings. The molecule has 2 heterocycles. The average Bonchev–Trinajstić information content (AvgIpc) is 2.69. The summed E-state index contributed by atoms with van der Waals surface area (Å²) >= 11 is 3.40. The maximum Gasteiger partial charge on any atom is 0.244 e. The molecule has 1 unspecified atom stereocenters. The molecule has 27 heavy (non-hydrogen) atoms. The lowest BCUT2D eigenvalue weighted by atomic mass is 10.1. The largest absolute Gasteiger partial charge is 0.370 e. The molecule has 1 aromatic carbocycles. The summed E-state index contributed by atoms with van der Waals surface area (Å²) in [6.07, 6.45) is 2.55. The van der Waals surface area contributed by atoms with Gasteiger partial charge in [-0.05, 0) is 29.8 Å². The van der Waals surface area contributed by atoms with E-state index in [1.807, 2.05) is 24.3 Å². The molecule has 1 aromatic heterocycles. The van der Waals surface area contributed by atoms with Crippen molar-refractivity contribution in [1.82, 2.24) is 14.2 Å². The molecule has 7 nitrogen and oxygen atoms in total. The predicted octanol–water partition coefficient (Wildman–Crippen LogP) is 2.06. The lowest BCUT2D eigenvalue weighted by Gasteiger charge is -2.34. The topological polar surface area (TPSA) is 79.8 Å². The van der Waals surface area contributed by atoms with Crippen LogP contribution in [0.1, 0.15) is 11.7 Å². The van der Waals surface area contributed by atoms with Crippen molar-refractivity contribution < 1.29 is 17.9 Å². The first-order valence-corrected chi connectivity index (χ1v) is 10.6. The van der Waals surface area contributed by atoms with Crippen molar-refractivity contribution in [3.05, 3.63) is 58.8 Å². The van der Waals surface area contributed by atoms with E-state index in [0.29, 0.717) is 19.7 Å². The quantitative estimate of drug-likeness (QED) is 0.691. The fraction of sp³-hybridized carbons (Fsp3) is 0.333. The number of pyridine rings is 1. The number of hydrogen-bond donors (Lipinski definition) is 0. The molecule has 1 saturated heterocycles. The Morgan fingerprint density at radius 1 is 1.33 bits per heavy atom. The molecule has 9 heteroatoms. The molecule has 1 atom stereocenters. The van der Waals surface area contributed by atoms with Gasteiger partial charge in [-0.15, -0.1) is 0 Å². The summed E-state index contributed by atoms with van der Waals surface area (Å²) in [6, 6.07) is 10.7. The molecule has 0 N–H and O–H groups in total. The van der Waals surface area contributed by atoms with E-state index in [0.717, 1.165) is 14.3 Å². The van der Waals surface area contributed by atoms with Gasteiger partial charge in [-0.25, -0.2) is 8.42 Å². The first-order valence-electron chi connectivity index (χ1n) is 8.39. The van der Waals surface area contributed by atoms with Crippen molar-refractivity contribution in [3.63, 3.8) is 0 Å². The lowest BCUT2D eigenvalue weighted by molar-refractivity contribution is -0.139. The Morgan fingerprint density at radius 3 is 2.74 bits per heavy atom. The summed E-state index contributed by atoms with van der Waals surface area (Å²) in [6.45, 7) is 1.00. The van der Waals surface area contributed by atoms with Gasteiger partial charge in [0.25, 0.3) is 0 Å². The van der Waals surface area contributed by atoms with Crippen LogP contribution in [-0.2, 0) is 19.6 Å². The van der Waals surface area contributed by atoms with Crippen LogP contribution >= 0.6 is 15.9 Å². The molecule has 0 radical (unpaired) electrons. The minimum absolute atomic E-state index is 0.0648. The number of aromatic nitrogens is 1. The Morgan fingerprint density at radius 2 is 2.07 bits per heavy atom. The van der Waals surface area contributed by atoms with Crippen molar-refractivity contribution in [2.45, 2.75) is 11.0 Å². The van der Waals surface area contributed by atoms with Gasteiger partial charge in [0.1, 0.15) is 11.0 Å². The molecule has 0 spiro atoms. The summed E-state index contributed by atoms with van der Waals surface area (Å²) in [7, 11) is -2.36. The Bertz CT molecular complexity index is 891. The number of sulfonamides is 1. The number of likely N-dealkylation sites (N-methyl/N-ethyl adjacent to an activating group) is 1. The summed E-state index contributed by atoms with van der Waals surface area (Å²) in [5.74, 6) is -0.254. The van der Waals surface area contributed by atoms with Crippen molar-refractivity contribution in [2.24, 2.45) is 0 Å². The third kappa shape index (κ3) is 4.73. The predicted molar refractivity (Wildman–Crippen MR) is 103 cm³/mol. The molecule has 1 amide bonds. The van der Waals surface area contributed by atoms with E-state index in [4.69, 9.17) is 4.74 Å². The standard InChI is InChI=1S/C18H20BrN3O4S/c1-21(27(24,25)16-3-2-8-20-11-16)13-18(23)22-9-10-26-17(12-22)14-4-6-15(19)7-5-14/h2-8,11,17H,9-10,12-13H2,1H3. The number of benzene rings is 1. The van der Waals surface area contributed by atoms with Gasteiger partial charge in [-0.3, -0.25) is 9.78 Å². The van der Waals surface area contributed by atoms with Gasteiger partial charge in [-0.1, -0.05) is 28.1 Å². The number of halogens is 1. The van der Waals surface area contributed by atoms with Crippen LogP contribution in [0.4, 0.5) is 0 Å².